The van der Waals surface area contributed by atoms with Crippen LogP contribution in [-0.4, -0.2) is 16.1 Å². The lowest BCUT2D eigenvalue weighted by molar-refractivity contribution is 0.835. The smallest absolute Gasteiger partial charge is 0.0648 e. The lowest BCUT2D eigenvalue weighted by Gasteiger charge is -2.44. The number of hydrogen-bond acceptors (Lipinski definition) is 0. The van der Waals surface area contributed by atoms with E-state index in [1.54, 1.807) is 10.4 Å². The lowest BCUT2D eigenvalue weighted by atomic mass is 10.1. The maximum atomic E-state index is 2.60. The molecule has 0 spiro atoms. The van der Waals surface area contributed by atoms with E-state index >= 15 is 0 Å². The summed E-state index contributed by atoms with van der Waals surface area (Å²) >= 11 is 0. The van der Waals surface area contributed by atoms with Gasteiger partial charge in [-0.2, -0.15) is 0 Å². The highest BCUT2D eigenvalue weighted by molar-refractivity contribution is 6.95. The van der Waals surface area contributed by atoms with Gasteiger partial charge in [0.1, 0.15) is 0 Å². The molecule has 2 aromatic carbocycles. The van der Waals surface area contributed by atoms with Gasteiger partial charge in [0.05, 0.1) is 16.1 Å². The number of hydrogen-bond donors (Lipinski definition) is 0. The molecular weight excluding hydrogens is 392 g/mol. The molecule has 0 unspecified atom stereocenters. The average molecular weight is 441 g/mol. The van der Waals surface area contributed by atoms with Crippen LogP contribution in [0.15, 0.2) is 36.4 Å². The van der Waals surface area contributed by atoms with Crippen LogP contribution in [0.5, 0.6) is 0 Å². The van der Waals surface area contributed by atoms with Crippen molar-refractivity contribution in [3.05, 3.63) is 36.4 Å². The summed E-state index contributed by atoms with van der Waals surface area (Å²) in [4.78, 5) is 0. The molecule has 0 nitrogen and oxygen atoms in total. The molecule has 0 aliphatic heterocycles. The van der Waals surface area contributed by atoms with Crippen molar-refractivity contribution >= 4 is 37.3 Å². The predicted octanol–water partition coefficient (Wildman–Crippen LogP) is 8.61. The molecule has 0 heterocycles. The molecule has 2 heteroatoms. The van der Waals surface area contributed by atoms with E-state index in [1.807, 2.05) is 0 Å². The normalized spacial score (nSPS) is 13.8. The topological polar surface area (TPSA) is 0 Å². The fraction of sp³-hybridized carbons (Fsp3) is 0.643. The van der Waals surface area contributed by atoms with Crippen molar-refractivity contribution in [2.75, 3.05) is 0 Å². The first-order valence-electron chi connectivity index (χ1n) is 12.4. The Kier molecular flexibility index (Phi) is 7.89. The molecule has 0 atom stereocenters. The van der Waals surface area contributed by atoms with Gasteiger partial charge < -0.3 is 0 Å². The zero-order chi connectivity index (χ0) is 23.0. The number of benzene rings is 2. The minimum absolute atomic E-state index is 0.744. The van der Waals surface area contributed by atoms with Gasteiger partial charge in [0, 0.05) is 0 Å². The van der Waals surface area contributed by atoms with Crippen LogP contribution in [0.3, 0.4) is 0 Å². The van der Waals surface area contributed by atoms with Crippen molar-refractivity contribution in [2.45, 2.75) is 116 Å². The minimum atomic E-state index is -1.64. The first-order chi connectivity index (χ1) is 13.8. The van der Waals surface area contributed by atoms with Crippen molar-refractivity contribution < 1.29 is 0 Å². The highest BCUT2D eigenvalue weighted by Crippen LogP contribution is 2.43. The molecule has 0 aliphatic rings. The van der Waals surface area contributed by atoms with Crippen LogP contribution in [0.4, 0.5) is 0 Å². The Balaban J connectivity index is 2.80. The monoisotopic (exact) mass is 440 g/mol. The molecule has 0 radical (unpaired) electrons. The summed E-state index contributed by atoms with van der Waals surface area (Å²) in [5.41, 5.74) is 4.46. The highest BCUT2D eigenvalue weighted by atomic mass is 28.3. The van der Waals surface area contributed by atoms with Gasteiger partial charge in [-0.15, -0.1) is 0 Å². The lowest BCUT2D eigenvalue weighted by Crippen LogP contribution is -2.56. The minimum Gasteiger partial charge on any atom is -0.0648 e. The predicted molar refractivity (Wildman–Crippen MR) is 145 cm³/mol. The van der Waals surface area contributed by atoms with E-state index in [9.17, 15) is 0 Å². The third-order valence-corrected chi connectivity index (χ3v) is 22.7. The molecule has 2 aromatic rings. The average Bonchev–Trinajstić information content (AvgIpc) is 2.60. The standard InChI is InChI=1S/C28H48Si2/c1-19(2)29(20(3)4,21(5)6)27-15-13-25-14-16-28(18-26(25)17-27)30(22(7)8,23(9)10)24(11)12/h13-24H,1-12H3. The fourth-order valence-electron chi connectivity index (χ4n) is 7.79. The van der Waals surface area contributed by atoms with Crippen LogP contribution in [0.25, 0.3) is 10.8 Å². The molecule has 0 bridgehead atoms. The molecule has 30 heavy (non-hydrogen) atoms. The Morgan fingerprint density at radius 1 is 0.400 bits per heavy atom. The van der Waals surface area contributed by atoms with E-state index in [2.05, 4.69) is 119 Å². The summed E-state index contributed by atoms with van der Waals surface area (Å²) in [7, 11) is -3.28. The van der Waals surface area contributed by atoms with E-state index in [0.29, 0.717) is 0 Å². The molecule has 0 aromatic heterocycles. The van der Waals surface area contributed by atoms with E-state index in [1.165, 1.54) is 10.8 Å². The third kappa shape index (κ3) is 3.88. The van der Waals surface area contributed by atoms with Crippen molar-refractivity contribution in [2.24, 2.45) is 0 Å². The Morgan fingerprint density at radius 2 is 0.667 bits per heavy atom. The van der Waals surface area contributed by atoms with Crippen LogP contribution in [0.2, 0.25) is 33.2 Å². The third-order valence-electron chi connectivity index (χ3n) is 8.57. The Morgan fingerprint density at radius 3 is 0.900 bits per heavy atom. The van der Waals surface area contributed by atoms with Crippen LogP contribution in [-0.2, 0) is 0 Å². The Bertz CT molecular complexity index is 733. The van der Waals surface area contributed by atoms with Gasteiger partial charge in [0.25, 0.3) is 0 Å². The molecule has 0 saturated heterocycles. The molecule has 2 rings (SSSR count). The second kappa shape index (κ2) is 9.32. The molecule has 0 amide bonds. The summed E-state index contributed by atoms with van der Waals surface area (Å²) < 4.78 is 0. The molecule has 0 fully saturated rings. The number of fused-ring (bicyclic) bond motifs is 1. The molecule has 0 N–H and O–H groups in total. The SMILES string of the molecule is CC(C)[Si](c1ccc2ccc([Si](C(C)C)(C(C)C)C(C)C)cc2c1)(C(C)C)C(C)C. The first-order valence-corrected chi connectivity index (χ1v) is 16.9. The van der Waals surface area contributed by atoms with E-state index in [4.69, 9.17) is 0 Å². The van der Waals surface area contributed by atoms with Gasteiger partial charge in [0.15, 0.2) is 0 Å². The summed E-state index contributed by atoms with van der Waals surface area (Å²) in [6.07, 6.45) is 0. The quantitative estimate of drug-likeness (QED) is 0.360. The van der Waals surface area contributed by atoms with Gasteiger partial charge in [-0.1, -0.05) is 130 Å². The van der Waals surface area contributed by atoms with Gasteiger partial charge >= 0.3 is 0 Å². The van der Waals surface area contributed by atoms with E-state index in [-0.39, 0.29) is 0 Å². The largest absolute Gasteiger partial charge is 0.0942 e. The second-order valence-electron chi connectivity index (χ2n) is 11.6. The first kappa shape index (κ1) is 25.4. The molecular formula is C28H48Si2. The fourth-order valence-corrected chi connectivity index (χ4v) is 21.3. The van der Waals surface area contributed by atoms with Crippen molar-refractivity contribution in [3.8, 4) is 0 Å². The Hall–Kier alpha value is -0.866. The summed E-state index contributed by atoms with van der Waals surface area (Å²) in [6.45, 7) is 29.7. The van der Waals surface area contributed by atoms with E-state index < -0.39 is 16.1 Å². The second-order valence-corrected chi connectivity index (χ2v) is 23.4. The van der Waals surface area contributed by atoms with E-state index in [0.717, 1.165) is 33.2 Å². The summed E-state index contributed by atoms with van der Waals surface area (Å²) in [5, 5.41) is 6.21. The van der Waals surface area contributed by atoms with Crippen molar-refractivity contribution in [1.29, 1.82) is 0 Å². The zero-order valence-corrected chi connectivity index (χ0v) is 23.9. The molecule has 0 aliphatic carbocycles. The van der Waals surface area contributed by atoms with Gasteiger partial charge in [0.2, 0.25) is 0 Å². The summed E-state index contributed by atoms with van der Waals surface area (Å²) in [6, 6.07) is 15.0. The van der Waals surface area contributed by atoms with Crippen LogP contribution < -0.4 is 10.4 Å². The number of rotatable bonds is 8. The Labute approximate surface area is 189 Å². The van der Waals surface area contributed by atoms with Gasteiger partial charge in [-0.05, 0) is 44.0 Å². The maximum Gasteiger partial charge on any atom is 0.0942 e. The van der Waals surface area contributed by atoms with Crippen LogP contribution in [0, 0.1) is 0 Å². The van der Waals surface area contributed by atoms with Gasteiger partial charge in [-0.3, -0.25) is 0 Å². The van der Waals surface area contributed by atoms with Crippen molar-refractivity contribution in [3.63, 3.8) is 0 Å². The highest BCUT2D eigenvalue weighted by Gasteiger charge is 2.45. The van der Waals surface area contributed by atoms with Crippen LogP contribution >= 0.6 is 0 Å². The van der Waals surface area contributed by atoms with Gasteiger partial charge in [-0.25, -0.2) is 0 Å². The maximum absolute atomic E-state index is 2.60. The summed E-state index contributed by atoms with van der Waals surface area (Å²) in [5.74, 6) is 0. The molecule has 0 saturated carbocycles. The zero-order valence-electron chi connectivity index (χ0n) is 21.9. The molecule has 168 valence electrons. The van der Waals surface area contributed by atoms with Crippen LogP contribution in [0.1, 0.15) is 83.1 Å². The van der Waals surface area contributed by atoms with Crippen molar-refractivity contribution in [1.82, 2.24) is 0 Å².